The maximum absolute atomic E-state index is 11.7. The summed E-state index contributed by atoms with van der Waals surface area (Å²) in [6.07, 6.45) is 5.10. The van der Waals surface area contributed by atoms with Crippen LogP contribution in [0.2, 0.25) is 0 Å². The fourth-order valence-corrected chi connectivity index (χ4v) is 4.06. The summed E-state index contributed by atoms with van der Waals surface area (Å²) in [5.74, 6) is 2.17. The van der Waals surface area contributed by atoms with Crippen LogP contribution >= 0.6 is 0 Å². The fraction of sp³-hybridized carbons (Fsp3) is 0.333. The number of piperidine rings is 1. The first-order valence-corrected chi connectivity index (χ1v) is 11.3. The molecule has 0 atom stereocenters. The number of aromatic nitrogens is 4. The molecule has 1 aromatic carbocycles. The summed E-state index contributed by atoms with van der Waals surface area (Å²) in [6.45, 7) is 5.53. The van der Waals surface area contributed by atoms with E-state index in [2.05, 4.69) is 25.3 Å². The van der Waals surface area contributed by atoms with Crippen molar-refractivity contribution in [3.05, 3.63) is 54.6 Å². The van der Waals surface area contributed by atoms with Crippen LogP contribution in [0.1, 0.15) is 25.6 Å². The van der Waals surface area contributed by atoms with E-state index in [9.17, 15) is 4.79 Å². The minimum Gasteiger partial charge on any atom is -0.489 e. The number of nitrogens with one attached hydrogen (secondary N) is 1. The molecule has 10 heteroatoms. The molecule has 1 fully saturated rings. The van der Waals surface area contributed by atoms with Crippen LogP contribution in [0, 0.1) is 6.92 Å². The van der Waals surface area contributed by atoms with Crippen molar-refractivity contribution in [2.75, 3.05) is 29.9 Å². The average molecular weight is 463 g/mol. The lowest BCUT2D eigenvalue weighted by atomic mass is 10.1. The third kappa shape index (κ3) is 4.66. The van der Waals surface area contributed by atoms with E-state index < -0.39 is 6.09 Å². The van der Waals surface area contributed by atoms with E-state index >= 15 is 0 Å². The lowest BCUT2D eigenvalue weighted by molar-refractivity contribution is 0.167. The van der Waals surface area contributed by atoms with Crippen molar-refractivity contribution in [1.29, 1.82) is 0 Å². The summed E-state index contributed by atoms with van der Waals surface area (Å²) in [5.41, 5.74) is 1.67. The van der Waals surface area contributed by atoms with Gasteiger partial charge in [0.2, 0.25) is 0 Å². The molecule has 0 aliphatic carbocycles. The smallest absolute Gasteiger partial charge is 0.411 e. The van der Waals surface area contributed by atoms with Crippen molar-refractivity contribution >= 4 is 28.7 Å². The number of aryl methyl sites for hydroxylation is 1. The number of anilines is 2. The average Bonchev–Trinajstić information content (AvgIpc) is 3.46. The zero-order chi connectivity index (χ0) is 23.5. The van der Waals surface area contributed by atoms with Crippen LogP contribution < -0.4 is 15.0 Å². The van der Waals surface area contributed by atoms with E-state index in [4.69, 9.17) is 14.0 Å². The van der Waals surface area contributed by atoms with Crippen LogP contribution in [0.5, 0.6) is 5.75 Å². The molecule has 4 aromatic rings. The van der Waals surface area contributed by atoms with E-state index in [0.717, 1.165) is 48.4 Å². The molecular formula is C24H26N6O4. The van der Waals surface area contributed by atoms with Gasteiger partial charge in [-0.05, 0) is 50.2 Å². The lowest BCUT2D eigenvalue weighted by Crippen LogP contribution is -2.38. The Morgan fingerprint density at radius 1 is 1.21 bits per heavy atom. The second-order valence-electron chi connectivity index (χ2n) is 8.09. The van der Waals surface area contributed by atoms with Gasteiger partial charge >= 0.3 is 12.1 Å². The molecule has 34 heavy (non-hydrogen) atoms. The van der Waals surface area contributed by atoms with Gasteiger partial charge in [-0.3, -0.25) is 5.32 Å². The third-order valence-corrected chi connectivity index (χ3v) is 5.71. The van der Waals surface area contributed by atoms with Crippen LogP contribution in [-0.4, -0.2) is 51.6 Å². The molecule has 1 amide bonds. The SMILES string of the molecule is CCOC(=O)Nc1ccc2c(ccn2-c2ccc(OC3CCN(c4nc(C)no4)CC3)cn2)c1. The number of hydrogen-bond donors (Lipinski definition) is 1. The number of pyridine rings is 1. The molecule has 0 spiro atoms. The molecule has 0 unspecified atom stereocenters. The Kier molecular flexibility index (Phi) is 6.03. The number of amides is 1. The molecule has 0 saturated carbocycles. The molecule has 1 aliphatic heterocycles. The number of fused-ring (bicyclic) bond motifs is 1. The molecule has 1 saturated heterocycles. The number of rotatable bonds is 6. The first-order valence-electron chi connectivity index (χ1n) is 11.3. The largest absolute Gasteiger partial charge is 0.489 e. The Bertz CT molecular complexity index is 1270. The highest BCUT2D eigenvalue weighted by molar-refractivity contribution is 5.90. The fourth-order valence-electron chi connectivity index (χ4n) is 4.06. The predicted molar refractivity (Wildman–Crippen MR) is 127 cm³/mol. The summed E-state index contributed by atoms with van der Waals surface area (Å²) >= 11 is 0. The van der Waals surface area contributed by atoms with Crippen molar-refractivity contribution in [2.45, 2.75) is 32.8 Å². The number of nitrogens with zero attached hydrogens (tertiary/aromatic N) is 5. The van der Waals surface area contributed by atoms with Gasteiger partial charge in [0.05, 0.1) is 18.3 Å². The minimum atomic E-state index is -0.464. The zero-order valence-electron chi connectivity index (χ0n) is 19.1. The number of hydrogen-bond acceptors (Lipinski definition) is 8. The van der Waals surface area contributed by atoms with Gasteiger partial charge in [0.1, 0.15) is 17.7 Å². The Hall–Kier alpha value is -4.08. The van der Waals surface area contributed by atoms with Crippen LogP contribution in [-0.2, 0) is 4.74 Å². The molecule has 176 valence electrons. The molecule has 0 radical (unpaired) electrons. The van der Waals surface area contributed by atoms with Gasteiger partial charge in [0.25, 0.3) is 0 Å². The van der Waals surface area contributed by atoms with Crippen LogP contribution in [0.4, 0.5) is 16.5 Å². The molecule has 4 heterocycles. The van der Waals surface area contributed by atoms with E-state index in [-0.39, 0.29) is 6.10 Å². The number of benzene rings is 1. The van der Waals surface area contributed by atoms with E-state index in [1.165, 1.54) is 0 Å². The molecule has 1 N–H and O–H groups in total. The zero-order valence-corrected chi connectivity index (χ0v) is 19.1. The molecule has 1 aliphatic rings. The highest BCUT2D eigenvalue weighted by Crippen LogP contribution is 2.25. The Morgan fingerprint density at radius 2 is 2.06 bits per heavy atom. The van der Waals surface area contributed by atoms with E-state index in [0.29, 0.717) is 24.1 Å². The number of carbonyl (C=O) groups excluding carboxylic acids is 1. The van der Waals surface area contributed by atoms with Gasteiger partial charge in [0.15, 0.2) is 5.82 Å². The van der Waals surface area contributed by atoms with Crippen molar-refractivity contribution < 1.29 is 18.8 Å². The van der Waals surface area contributed by atoms with Crippen molar-refractivity contribution in [1.82, 2.24) is 19.7 Å². The summed E-state index contributed by atoms with van der Waals surface area (Å²) < 4.78 is 18.4. The highest BCUT2D eigenvalue weighted by atomic mass is 16.5. The minimum absolute atomic E-state index is 0.116. The predicted octanol–water partition coefficient (Wildman–Crippen LogP) is 4.33. The lowest BCUT2D eigenvalue weighted by Gasteiger charge is -2.30. The Labute approximate surface area is 196 Å². The second-order valence-corrected chi connectivity index (χ2v) is 8.09. The molecule has 5 rings (SSSR count). The standard InChI is InChI=1S/C24H26N6O4/c1-3-32-24(31)27-18-4-6-21-17(14-18)8-13-30(21)22-7-5-20(15-25-22)33-19-9-11-29(12-10-19)23-26-16(2)28-34-23/h4-8,13-15,19H,3,9-12H2,1-2H3,(H,27,31). The monoisotopic (exact) mass is 462 g/mol. The summed E-state index contributed by atoms with van der Waals surface area (Å²) in [5, 5.41) is 7.57. The topological polar surface area (TPSA) is 108 Å². The van der Waals surface area contributed by atoms with Crippen LogP contribution in [0.3, 0.4) is 0 Å². The molecular weight excluding hydrogens is 436 g/mol. The molecule has 10 nitrogen and oxygen atoms in total. The first kappa shape index (κ1) is 21.7. The third-order valence-electron chi connectivity index (χ3n) is 5.71. The molecule has 0 bridgehead atoms. The summed E-state index contributed by atoms with van der Waals surface area (Å²) in [7, 11) is 0. The maximum atomic E-state index is 11.7. The summed E-state index contributed by atoms with van der Waals surface area (Å²) in [6, 6.07) is 12.1. The Morgan fingerprint density at radius 3 is 2.76 bits per heavy atom. The quantitative estimate of drug-likeness (QED) is 0.451. The van der Waals surface area contributed by atoms with Gasteiger partial charge in [-0.25, -0.2) is 9.78 Å². The van der Waals surface area contributed by atoms with Gasteiger partial charge in [-0.1, -0.05) is 5.16 Å². The Balaban J connectivity index is 1.21. The van der Waals surface area contributed by atoms with Gasteiger partial charge in [0, 0.05) is 43.2 Å². The second kappa shape index (κ2) is 9.42. The van der Waals surface area contributed by atoms with Gasteiger partial charge in [-0.2, -0.15) is 4.98 Å². The highest BCUT2D eigenvalue weighted by Gasteiger charge is 2.24. The molecule has 3 aromatic heterocycles. The van der Waals surface area contributed by atoms with Crippen molar-refractivity contribution in [2.24, 2.45) is 0 Å². The van der Waals surface area contributed by atoms with Crippen LogP contribution in [0.25, 0.3) is 16.7 Å². The van der Waals surface area contributed by atoms with Crippen LogP contribution in [0.15, 0.2) is 53.3 Å². The van der Waals surface area contributed by atoms with Gasteiger partial charge in [-0.15, -0.1) is 0 Å². The first-order chi connectivity index (χ1) is 16.6. The normalized spacial score (nSPS) is 14.4. The summed E-state index contributed by atoms with van der Waals surface area (Å²) in [4.78, 5) is 22.6. The number of ether oxygens (including phenoxy) is 2. The van der Waals surface area contributed by atoms with Crippen molar-refractivity contribution in [3.8, 4) is 11.6 Å². The number of carbonyl (C=O) groups is 1. The van der Waals surface area contributed by atoms with Crippen molar-refractivity contribution in [3.63, 3.8) is 0 Å². The van der Waals surface area contributed by atoms with Gasteiger partial charge < -0.3 is 23.5 Å². The maximum Gasteiger partial charge on any atom is 0.411 e. The van der Waals surface area contributed by atoms with E-state index in [1.807, 2.05) is 54.1 Å². The van der Waals surface area contributed by atoms with E-state index in [1.54, 1.807) is 13.1 Å².